The van der Waals surface area contributed by atoms with E-state index in [1.165, 1.54) is 11.3 Å². The zero-order chi connectivity index (χ0) is 21.1. The molecule has 0 saturated carbocycles. The molecule has 0 unspecified atom stereocenters. The molecule has 0 aliphatic rings. The third kappa shape index (κ3) is 3.61. The Hall–Kier alpha value is -3.39. The van der Waals surface area contributed by atoms with Crippen LogP contribution >= 0.6 is 11.3 Å². The first-order valence-electron chi connectivity index (χ1n) is 9.59. The summed E-state index contributed by atoms with van der Waals surface area (Å²) in [7, 11) is 3.17. The van der Waals surface area contributed by atoms with Gasteiger partial charge in [-0.25, -0.2) is 9.97 Å². The number of ether oxygens (including phenoxy) is 2. The van der Waals surface area contributed by atoms with Gasteiger partial charge in [0.25, 0.3) is 5.91 Å². The van der Waals surface area contributed by atoms with E-state index in [4.69, 9.17) is 9.47 Å². The summed E-state index contributed by atoms with van der Waals surface area (Å²) in [4.78, 5) is 22.0. The van der Waals surface area contributed by atoms with Crippen molar-refractivity contribution in [3.8, 4) is 22.1 Å². The van der Waals surface area contributed by atoms with Crippen molar-refractivity contribution < 1.29 is 14.3 Å². The third-order valence-electron chi connectivity index (χ3n) is 4.70. The number of thiazole rings is 1. The number of aromatic nitrogens is 3. The molecule has 7 nitrogen and oxygen atoms in total. The lowest BCUT2D eigenvalue weighted by Gasteiger charge is -2.10. The molecule has 0 atom stereocenters. The Kier molecular flexibility index (Phi) is 5.67. The number of imidazole rings is 1. The van der Waals surface area contributed by atoms with E-state index in [0.29, 0.717) is 28.1 Å². The maximum Gasteiger partial charge on any atom is 0.277 e. The van der Waals surface area contributed by atoms with Gasteiger partial charge in [-0.05, 0) is 30.7 Å². The summed E-state index contributed by atoms with van der Waals surface area (Å²) in [6.07, 6.45) is 0.930. The number of benzene rings is 2. The Morgan fingerprint density at radius 2 is 1.93 bits per heavy atom. The minimum absolute atomic E-state index is 0.299. The first kappa shape index (κ1) is 19.9. The summed E-state index contributed by atoms with van der Waals surface area (Å²) >= 11 is 1.38. The van der Waals surface area contributed by atoms with Gasteiger partial charge in [-0.15, -0.1) is 11.3 Å². The topological polar surface area (TPSA) is 78.3 Å². The molecule has 0 spiro atoms. The molecule has 2 aromatic heterocycles. The lowest BCUT2D eigenvalue weighted by molar-refractivity contribution is 0.102. The highest BCUT2D eigenvalue weighted by molar-refractivity contribution is 7.13. The predicted octanol–water partition coefficient (Wildman–Crippen LogP) is 4.84. The molecule has 8 heteroatoms. The van der Waals surface area contributed by atoms with Crippen molar-refractivity contribution in [1.82, 2.24) is 14.5 Å². The van der Waals surface area contributed by atoms with Gasteiger partial charge in [-0.3, -0.25) is 10.1 Å². The second-order valence-electron chi connectivity index (χ2n) is 6.61. The van der Waals surface area contributed by atoms with Crippen LogP contribution in [0.15, 0.2) is 47.8 Å². The molecule has 0 radical (unpaired) electrons. The van der Waals surface area contributed by atoms with E-state index in [2.05, 4.69) is 22.2 Å². The molecule has 4 aromatic rings. The molecule has 0 fully saturated rings. The van der Waals surface area contributed by atoms with Crippen LogP contribution < -0.4 is 14.8 Å². The summed E-state index contributed by atoms with van der Waals surface area (Å²) in [5, 5.41) is 5.33. The number of nitrogens with one attached hydrogen (secondary N) is 1. The molecular formula is C22H22N4O3S. The van der Waals surface area contributed by atoms with Gasteiger partial charge in [0.15, 0.2) is 11.5 Å². The number of fused-ring (bicyclic) bond motifs is 1. The number of rotatable bonds is 7. The molecule has 2 heterocycles. The van der Waals surface area contributed by atoms with Crippen molar-refractivity contribution in [2.24, 2.45) is 0 Å². The molecular weight excluding hydrogens is 400 g/mol. The number of para-hydroxylation sites is 3. The maximum absolute atomic E-state index is 12.9. The quantitative estimate of drug-likeness (QED) is 0.461. The van der Waals surface area contributed by atoms with Crippen LogP contribution in [0.1, 0.15) is 23.8 Å². The molecule has 30 heavy (non-hydrogen) atoms. The summed E-state index contributed by atoms with van der Waals surface area (Å²) in [6, 6.07) is 13.4. The Morgan fingerprint density at radius 3 is 2.70 bits per heavy atom. The Labute approximate surface area is 178 Å². The highest BCUT2D eigenvalue weighted by Gasteiger charge is 2.19. The number of nitrogens with zero attached hydrogens (tertiary/aromatic N) is 3. The average Bonchev–Trinajstić information content (AvgIpc) is 3.39. The standard InChI is InChI=1S/C22H22N4O3S/c1-4-12-26-17-10-6-5-9-15(17)24-22(26)25-20(27)16-13-30-21(23-16)14-8-7-11-18(28-2)19(14)29-3/h5-11,13H,4,12H2,1-3H3,(H,24,25,27). The number of aryl methyl sites for hydroxylation is 1. The van der Waals surface area contributed by atoms with Crippen LogP contribution in [0.3, 0.4) is 0 Å². The summed E-state index contributed by atoms with van der Waals surface area (Å²) in [5.41, 5.74) is 2.95. The third-order valence-corrected chi connectivity index (χ3v) is 5.57. The second-order valence-corrected chi connectivity index (χ2v) is 7.47. The Balaban J connectivity index is 1.63. The van der Waals surface area contributed by atoms with Gasteiger partial charge >= 0.3 is 0 Å². The van der Waals surface area contributed by atoms with Crippen LogP contribution in [0.25, 0.3) is 21.6 Å². The van der Waals surface area contributed by atoms with Crippen LogP contribution in [0.2, 0.25) is 0 Å². The minimum Gasteiger partial charge on any atom is -0.493 e. The summed E-state index contributed by atoms with van der Waals surface area (Å²) in [6.45, 7) is 2.86. The first-order valence-corrected chi connectivity index (χ1v) is 10.5. The smallest absolute Gasteiger partial charge is 0.277 e. The van der Waals surface area contributed by atoms with Crippen LogP contribution in [0.4, 0.5) is 5.95 Å². The molecule has 0 saturated heterocycles. The highest BCUT2D eigenvalue weighted by atomic mass is 32.1. The minimum atomic E-state index is -0.299. The number of hydrogen-bond acceptors (Lipinski definition) is 6. The van der Waals surface area contributed by atoms with Crippen LogP contribution in [-0.2, 0) is 6.54 Å². The van der Waals surface area contributed by atoms with Crippen LogP contribution in [0, 0.1) is 0 Å². The first-order chi connectivity index (χ1) is 14.7. The van der Waals surface area contributed by atoms with Crippen molar-refractivity contribution >= 4 is 34.2 Å². The zero-order valence-electron chi connectivity index (χ0n) is 17.0. The largest absolute Gasteiger partial charge is 0.493 e. The van der Waals surface area contributed by atoms with Gasteiger partial charge in [0.1, 0.15) is 10.7 Å². The van der Waals surface area contributed by atoms with Crippen LogP contribution in [0.5, 0.6) is 11.5 Å². The summed E-state index contributed by atoms with van der Waals surface area (Å²) in [5.74, 6) is 1.43. The van der Waals surface area contributed by atoms with Crippen molar-refractivity contribution in [2.45, 2.75) is 19.9 Å². The van der Waals surface area contributed by atoms with E-state index in [0.717, 1.165) is 29.6 Å². The normalized spacial score (nSPS) is 10.9. The monoisotopic (exact) mass is 422 g/mol. The molecule has 0 bridgehead atoms. The fourth-order valence-corrected chi connectivity index (χ4v) is 4.17. The van der Waals surface area contributed by atoms with Crippen molar-refractivity contribution in [3.63, 3.8) is 0 Å². The molecule has 1 N–H and O–H groups in total. The van der Waals surface area contributed by atoms with Gasteiger partial charge in [0.2, 0.25) is 5.95 Å². The van der Waals surface area contributed by atoms with Crippen molar-refractivity contribution in [2.75, 3.05) is 19.5 Å². The molecule has 1 amide bonds. The second kappa shape index (κ2) is 8.54. The van der Waals surface area contributed by atoms with E-state index in [9.17, 15) is 4.79 Å². The van der Waals surface area contributed by atoms with E-state index < -0.39 is 0 Å². The number of carbonyl (C=O) groups excluding carboxylic acids is 1. The van der Waals surface area contributed by atoms with E-state index in [1.54, 1.807) is 19.6 Å². The molecule has 0 aliphatic carbocycles. The van der Waals surface area contributed by atoms with E-state index in [1.807, 2.05) is 47.0 Å². The fourth-order valence-electron chi connectivity index (χ4n) is 3.34. The molecule has 4 rings (SSSR count). The molecule has 154 valence electrons. The predicted molar refractivity (Wildman–Crippen MR) is 119 cm³/mol. The maximum atomic E-state index is 12.9. The number of methoxy groups -OCH3 is 2. The number of amides is 1. The zero-order valence-corrected chi connectivity index (χ0v) is 17.8. The fraction of sp³-hybridized carbons (Fsp3) is 0.227. The number of hydrogen-bond donors (Lipinski definition) is 1. The highest BCUT2D eigenvalue weighted by Crippen LogP contribution is 2.39. The molecule has 2 aromatic carbocycles. The SMILES string of the molecule is CCCn1c(NC(=O)c2csc(-c3cccc(OC)c3OC)n2)nc2ccccc21. The van der Waals surface area contributed by atoms with Crippen LogP contribution in [-0.4, -0.2) is 34.7 Å². The van der Waals surface area contributed by atoms with Gasteiger partial charge in [0, 0.05) is 11.9 Å². The lowest BCUT2D eigenvalue weighted by Crippen LogP contribution is -2.16. The number of carbonyl (C=O) groups is 1. The van der Waals surface area contributed by atoms with Gasteiger partial charge in [0.05, 0.1) is 30.8 Å². The average molecular weight is 423 g/mol. The van der Waals surface area contributed by atoms with E-state index in [-0.39, 0.29) is 5.91 Å². The molecule has 0 aliphatic heterocycles. The summed E-state index contributed by atoms with van der Waals surface area (Å²) < 4.78 is 12.9. The van der Waals surface area contributed by atoms with Crippen molar-refractivity contribution in [3.05, 3.63) is 53.5 Å². The van der Waals surface area contributed by atoms with Gasteiger partial charge < -0.3 is 14.0 Å². The Morgan fingerprint density at radius 1 is 1.10 bits per heavy atom. The number of anilines is 1. The van der Waals surface area contributed by atoms with E-state index >= 15 is 0 Å². The van der Waals surface area contributed by atoms with Gasteiger partial charge in [-0.1, -0.05) is 25.1 Å². The Bertz CT molecular complexity index is 1200. The van der Waals surface area contributed by atoms with Crippen molar-refractivity contribution in [1.29, 1.82) is 0 Å². The lowest BCUT2D eigenvalue weighted by atomic mass is 10.2. The van der Waals surface area contributed by atoms with Gasteiger partial charge in [-0.2, -0.15) is 0 Å².